The van der Waals surface area contributed by atoms with Gasteiger partial charge in [-0.3, -0.25) is 0 Å². The Morgan fingerprint density at radius 2 is 1.91 bits per heavy atom. The van der Waals surface area contributed by atoms with Crippen LogP contribution in [-0.2, 0) is 10.7 Å². The summed E-state index contributed by atoms with van der Waals surface area (Å²) in [7, 11) is -2.17. The second-order valence-corrected chi connectivity index (χ2v) is 4.25. The van der Waals surface area contributed by atoms with Gasteiger partial charge in [-0.2, -0.15) is 0 Å². The molecule has 1 heterocycles. The third-order valence-electron chi connectivity index (χ3n) is 2.30. The van der Waals surface area contributed by atoms with Gasteiger partial charge >= 0.3 is 0 Å². The predicted octanol–water partition coefficient (Wildman–Crippen LogP) is 0.0821. The third-order valence-corrected chi connectivity index (χ3v) is 3.42. The molecule has 0 aromatic rings. The summed E-state index contributed by atoms with van der Waals surface area (Å²) in [5, 5.41) is -0.0483. The van der Waals surface area contributed by atoms with E-state index in [0.29, 0.717) is 0 Å². The van der Waals surface area contributed by atoms with Crippen LogP contribution in [0.25, 0.3) is 0 Å². The Bertz CT molecular complexity index is 175. The Morgan fingerprint density at radius 1 is 1.36 bits per heavy atom. The van der Waals surface area contributed by atoms with Gasteiger partial charge < -0.3 is 4.90 Å². The minimum Gasteiger partial charge on any atom is -0.304 e. The summed E-state index contributed by atoms with van der Waals surface area (Å²) < 4.78 is 21.1. The quantitative estimate of drug-likeness (QED) is 0.607. The van der Waals surface area contributed by atoms with Crippen LogP contribution in [0.2, 0.25) is 0 Å². The lowest BCUT2D eigenvalue weighted by atomic mass is 10.1. The Kier molecular flexibility index (Phi) is 3.33. The monoisotopic (exact) mass is 177 g/mol. The minimum absolute atomic E-state index is 0.0483. The molecule has 11 heavy (non-hydrogen) atoms. The molecular weight excluding hydrogens is 162 g/mol. The summed E-state index contributed by atoms with van der Waals surface area (Å²) in [6.07, 6.45) is 1.65. The average Bonchev–Trinajstić information content (AvgIpc) is 2.05. The summed E-state index contributed by atoms with van der Waals surface area (Å²) in [5.41, 5.74) is 0. The molecule has 0 aromatic heterocycles. The average molecular weight is 177 g/mol. The summed E-state index contributed by atoms with van der Waals surface area (Å²) in [6.45, 7) is 5.05. The summed E-state index contributed by atoms with van der Waals surface area (Å²) in [5.74, 6) is 0. The van der Waals surface area contributed by atoms with E-state index in [4.69, 9.17) is 0 Å². The number of nitrogens with zero attached hydrogens (tertiary/aromatic N) is 1. The molecule has 0 saturated carbocycles. The zero-order chi connectivity index (χ0) is 8.27. The fraction of sp³-hybridized carbons (Fsp3) is 1.00. The van der Waals surface area contributed by atoms with Crippen LogP contribution in [0.4, 0.5) is 0 Å². The molecule has 0 aromatic carbocycles. The van der Waals surface area contributed by atoms with Crippen molar-refractivity contribution in [1.82, 2.24) is 4.90 Å². The fourth-order valence-electron chi connectivity index (χ4n) is 1.45. The fourth-order valence-corrected chi connectivity index (χ4v) is 2.10. The third kappa shape index (κ3) is 2.45. The van der Waals surface area contributed by atoms with Gasteiger partial charge in [0.25, 0.3) is 0 Å². The second kappa shape index (κ2) is 4.07. The van der Waals surface area contributed by atoms with Crippen LogP contribution in [0, 0.1) is 0 Å². The van der Waals surface area contributed by atoms with E-state index < -0.39 is 10.7 Å². The van der Waals surface area contributed by atoms with E-state index >= 15 is 0 Å². The van der Waals surface area contributed by atoms with E-state index in [0.717, 1.165) is 32.5 Å². The largest absolute Gasteiger partial charge is 0.304 e. The highest BCUT2D eigenvalue weighted by Crippen LogP contribution is 2.11. The van der Waals surface area contributed by atoms with E-state index in [9.17, 15) is 8.42 Å². The van der Waals surface area contributed by atoms with Gasteiger partial charge in [0.05, 0.1) is 5.25 Å². The summed E-state index contributed by atoms with van der Waals surface area (Å²) in [6, 6.07) is 0. The number of likely N-dealkylation sites (tertiary alicyclic amines) is 1. The number of piperidine rings is 1. The van der Waals surface area contributed by atoms with Crippen molar-refractivity contribution in [2.45, 2.75) is 25.0 Å². The SMILES string of the molecule is CCN1CCC([SH](=O)=O)CC1. The van der Waals surface area contributed by atoms with Gasteiger partial charge in [0, 0.05) is 0 Å². The van der Waals surface area contributed by atoms with Crippen LogP contribution in [0.15, 0.2) is 0 Å². The normalized spacial score (nSPS) is 22.7. The zero-order valence-corrected chi connectivity index (χ0v) is 7.72. The standard InChI is InChI=1S/C7H15NO2S/c1-2-8-5-3-7(4-6-8)11(9)10/h7,11H,2-6H2,1H3. The van der Waals surface area contributed by atoms with Crippen molar-refractivity contribution in [2.24, 2.45) is 0 Å². The van der Waals surface area contributed by atoms with Crippen molar-refractivity contribution >= 4 is 10.7 Å². The first-order valence-electron chi connectivity index (χ1n) is 4.10. The Hall–Kier alpha value is -0.0900. The molecule has 0 aliphatic carbocycles. The minimum atomic E-state index is -2.17. The number of rotatable bonds is 2. The molecule has 0 bridgehead atoms. The Labute approximate surface area is 69.3 Å². The lowest BCUT2D eigenvalue weighted by molar-refractivity contribution is 0.242. The molecule has 0 amide bonds. The van der Waals surface area contributed by atoms with Crippen LogP contribution in [0.1, 0.15) is 19.8 Å². The van der Waals surface area contributed by atoms with Gasteiger partial charge in [-0.15, -0.1) is 0 Å². The first-order valence-corrected chi connectivity index (χ1v) is 5.34. The molecule has 4 heteroatoms. The highest BCUT2D eigenvalue weighted by molar-refractivity contribution is 7.73. The van der Waals surface area contributed by atoms with Crippen LogP contribution in [-0.4, -0.2) is 38.2 Å². The van der Waals surface area contributed by atoms with Gasteiger partial charge in [-0.25, -0.2) is 8.42 Å². The molecule has 3 nitrogen and oxygen atoms in total. The zero-order valence-electron chi connectivity index (χ0n) is 6.82. The van der Waals surface area contributed by atoms with E-state index in [-0.39, 0.29) is 5.25 Å². The molecule has 1 rings (SSSR count). The van der Waals surface area contributed by atoms with Crippen molar-refractivity contribution in [3.05, 3.63) is 0 Å². The molecule has 1 fully saturated rings. The van der Waals surface area contributed by atoms with Crippen molar-refractivity contribution in [1.29, 1.82) is 0 Å². The highest BCUT2D eigenvalue weighted by Gasteiger charge is 2.19. The van der Waals surface area contributed by atoms with Gasteiger partial charge in [-0.05, 0) is 32.5 Å². The maximum Gasteiger partial charge on any atom is 0.143 e. The van der Waals surface area contributed by atoms with Crippen LogP contribution in [0.5, 0.6) is 0 Å². The highest BCUT2D eigenvalue weighted by atomic mass is 32.2. The maximum atomic E-state index is 10.6. The van der Waals surface area contributed by atoms with Crippen molar-refractivity contribution < 1.29 is 8.42 Å². The molecule has 1 aliphatic heterocycles. The molecular formula is C7H15NO2S. The van der Waals surface area contributed by atoms with Crippen LogP contribution in [0.3, 0.4) is 0 Å². The molecule has 0 unspecified atom stereocenters. The lowest BCUT2D eigenvalue weighted by Crippen LogP contribution is -2.36. The van der Waals surface area contributed by atoms with E-state index in [2.05, 4.69) is 11.8 Å². The smallest absolute Gasteiger partial charge is 0.143 e. The summed E-state index contributed by atoms with van der Waals surface area (Å²) in [4.78, 5) is 2.29. The topological polar surface area (TPSA) is 37.4 Å². The predicted molar refractivity (Wildman–Crippen MR) is 45.5 cm³/mol. The molecule has 66 valence electrons. The van der Waals surface area contributed by atoms with E-state index in [1.807, 2.05) is 0 Å². The molecule has 0 N–H and O–H groups in total. The molecule has 1 aliphatic rings. The van der Waals surface area contributed by atoms with Gasteiger partial charge in [0.2, 0.25) is 0 Å². The second-order valence-electron chi connectivity index (χ2n) is 2.95. The van der Waals surface area contributed by atoms with E-state index in [1.165, 1.54) is 0 Å². The first-order chi connectivity index (χ1) is 5.24. The number of hydrogen-bond acceptors (Lipinski definition) is 3. The first kappa shape index (κ1) is 9.00. The number of hydrogen-bond donors (Lipinski definition) is 1. The van der Waals surface area contributed by atoms with Crippen LogP contribution < -0.4 is 0 Å². The van der Waals surface area contributed by atoms with Gasteiger partial charge in [0.1, 0.15) is 10.7 Å². The summed E-state index contributed by atoms with van der Waals surface area (Å²) >= 11 is 0. The molecule has 0 spiro atoms. The maximum absolute atomic E-state index is 10.6. The Balaban J connectivity index is 2.36. The van der Waals surface area contributed by atoms with Crippen molar-refractivity contribution in [3.8, 4) is 0 Å². The van der Waals surface area contributed by atoms with Gasteiger partial charge in [-0.1, -0.05) is 6.92 Å². The molecule has 1 saturated heterocycles. The van der Waals surface area contributed by atoms with Crippen molar-refractivity contribution in [2.75, 3.05) is 19.6 Å². The van der Waals surface area contributed by atoms with Gasteiger partial charge in [0.15, 0.2) is 0 Å². The Morgan fingerprint density at radius 3 is 2.27 bits per heavy atom. The molecule has 0 atom stereocenters. The van der Waals surface area contributed by atoms with E-state index in [1.54, 1.807) is 0 Å². The number of thiol groups is 1. The lowest BCUT2D eigenvalue weighted by Gasteiger charge is -2.27. The van der Waals surface area contributed by atoms with Crippen molar-refractivity contribution in [3.63, 3.8) is 0 Å². The van der Waals surface area contributed by atoms with Crippen LogP contribution >= 0.6 is 0 Å². The molecule has 0 radical (unpaired) electrons.